The zero-order chi connectivity index (χ0) is 14.7. The van der Waals surface area contributed by atoms with Gasteiger partial charge in [-0.25, -0.2) is 4.39 Å². The van der Waals surface area contributed by atoms with Crippen molar-refractivity contribution >= 4 is 11.8 Å². The van der Waals surface area contributed by atoms with E-state index in [2.05, 4.69) is 10.3 Å². The van der Waals surface area contributed by atoms with Gasteiger partial charge in [0.15, 0.2) is 0 Å². The predicted molar refractivity (Wildman–Crippen MR) is 71.2 cm³/mol. The molecule has 108 valence electrons. The van der Waals surface area contributed by atoms with E-state index in [0.29, 0.717) is 18.5 Å². The van der Waals surface area contributed by atoms with Crippen LogP contribution in [0, 0.1) is 5.82 Å². The van der Waals surface area contributed by atoms with Crippen LogP contribution in [0.1, 0.15) is 37.9 Å². The molecule has 2 amide bonds. The van der Waals surface area contributed by atoms with Gasteiger partial charge in [0.1, 0.15) is 5.82 Å². The van der Waals surface area contributed by atoms with Gasteiger partial charge < -0.3 is 0 Å². The van der Waals surface area contributed by atoms with Crippen molar-refractivity contribution in [2.45, 2.75) is 38.3 Å². The number of imide groups is 1. The second-order valence-electron chi connectivity index (χ2n) is 4.91. The quantitative estimate of drug-likeness (QED) is 0.846. The van der Waals surface area contributed by atoms with E-state index in [4.69, 9.17) is 0 Å². The monoisotopic (exact) mass is 279 g/mol. The van der Waals surface area contributed by atoms with Crippen molar-refractivity contribution in [1.82, 2.24) is 15.2 Å². The van der Waals surface area contributed by atoms with Crippen LogP contribution in [-0.2, 0) is 9.59 Å². The summed E-state index contributed by atoms with van der Waals surface area (Å²) in [4.78, 5) is 28.7. The second-order valence-corrected chi connectivity index (χ2v) is 4.91. The molecular formula is C14H18FN3O2. The van der Waals surface area contributed by atoms with Crippen molar-refractivity contribution < 1.29 is 14.0 Å². The highest BCUT2D eigenvalue weighted by molar-refractivity contribution is 6.00. The van der Waals surface area contributed by atoms with E-state index in [1.54, 1.807) is 6.07 Å². The van der Waals surface area contributed by atoms with Crippen LogP contribution >= 0.6 is 0 Å². The summed E-state index contributed by atoms with van der Waals surface area (Å²) < 4.78 is 12.9. The molecule has 0 aliphatic carbocycles. The molecule has 1 fully saturated rings. The van der Waals surface area contributed by atoms with Crippen LogP contribution in [0.4, 0.5) is 4.39 Å². The highest BCUT2D eigenvalue weighted by atomic mass is 19.1. The normalized spacial score (nSPS) is 21.1. The van der Waals surface area contributed by atoms with Gasteiger partial charge in [-0.3, -0.25) is 24.8 Å². The number of aromatic nitrogens is 1. The second kappa shape index (κ2) is 6.09. The first kappa shape index (κ1) is 14.6. The van der Waals surface area contributed by atoms with Crippen LogP contribution in [-0.4, -0.2) is 34.8 Å². The lowest BCUT2D eigenvalue weighted by Gasteiger charge is -2.31. The first-order valence-corrected chi connectivity index (χ1v) is 6.70. The molecule has 2 unspecified atom stereocenters. The van der Waals surface area contributed by atoms with Gasteiger partial charge in [0.2, 0.25) is 11.8 Å². The Balaban J connectivity index is 2.08. The average molecular weight is 279 g/mol. The minimum atomic E-state index is -0.394. The van der Waals surface area contributed by atoms with Crippen molar-refractivity contribution in [3.8, 4) is 0 Å². The number of nitrogens with one attached hydrogen (secondary N) is 1. The fourth-order valence-electron chi connectivity index (χ4n) is 2.32. The fraction of sp³-hybridized carbons (Fsp3) is 0.500. The Morgan fingerprint density at radius 1 is 1.50 bits per heavy atom. The molecule has 1 N–H and O–H groups in total. The van der Waals surface area contributed by atoms with Crippen LogP contribution in [0.5, 0.6) is 0 Å². The first-order valence-electron chi connectivity index (χ1n) is 6.70. The Labute approximate surface area is 117 Å². The van der Waals surface area contributed by atoms with Crippen LogP contribution in [0.25, 0.3) is 0 Å². The molecular weight excluding hydrogens is 261 g/mol. The van der Waals surface area contributed by atoms with Crippen molar-refractivity contribution in [3.05, 3.63) is 29.8 Å². The van der Waals surface area contributed by atoms with Gasteiger partial charge in [-0.05, 0) is 25.0 Å². The van der Waals surface area contributed by atoms with E-state index in [9.17, 15) is 14.0 Å². The van der Waals surface area contributed by atoms with E-state index in [0.717, 1.165) is 17.5 Å². The van der Waals surface area contributed by atoms with Gasteiger partial charge in [0.05, 0.1) is 17.9 Å². The highest BCUT2D eigenvalue weighted by Gasteiger charge is 2.33. The number of hydrogen-bond donors (Lipinski definition) is 1. The number of carbonyl (C=O) groups excluding carboxylic acids is 2. The van der Waals surface area contributed by atoms with Gasteiger partial charge in [-0.2, -0.15) is 0 Å². The van der Waals surface area contributed by atoms with Gasteiger partial charge >= 0.3 is 0 Å². The number of halogens is 1. The molecule has 2 rings (SSSR count). The lowest BCUT2D eigenvalue weighted by molar-refractivity contribution is -0.148. The minimum Gasteiger partial charge on any atom is -0.297 e. The van der Waals surface area contributed by atoms with Crippen LogP contribution in [0.2, 0.25) is 0 Å². The molecule has 0 radical (unpaired) electrons. The van der Waals surface area contributed by atoms with Crippen molar-refractivity contribution in [3.63, 3.8) is 0 Å². The van der Waals surface area contributed by atoms with Crippen molar-refractivity contribution in [1.29, 1.82) is 0 Å². The smallest absolute Gasteiger partial charge is 0.246 e. The Kier molecular flexibility index (Phi) is 4.44. The molecule has 1 aromatic rings. The summed E-state index contributed by atoms with van der Waals surface area (Å²) in [6, 6.07) is 2.43. The Hall–Kier alpha value is -1.82. The zero-order valence-electron chi connectivity index (χ0n) is 11.6. The SMILES string of the molecule is CCC(NC1CCC(=O)N(C)C1=O)c1ccc(F)cn1. The maximum atomic E-state index is 12.9. The zero-order valence-corrected chi connectivity index (χ0v) is 11.6. The minimum absolute atomic E-state index is 0.133. The van der Waals surface area contributed by atoms with Crippen molar-refractivity contribution in [2.24, 2.45) is 0 Å². The largest absolute Gasteiger partial charge is 0.297 e. The molecule has 2 heterocycles. The van der Waals surface area contributed by atoms with Crippen LogP contribution in [0.15, 0.2) is 18.3 Å². The summed E-state index contributed by atoms with van der Waals surface area (Å²) in [6.07, 6.45) is 2.73. The maximum Gasteiger partial charge on any atom is 0.246 e. The molecule has 0 aromatic carbocycles. The summed E-state index contributed by atoms with van der Waals surface area (Å²) >= 11 is 0. The summed E-state index contributed by atoms with van der Waals surface area (Å²) in [5.74, 6) is -0.759. The third-order valence-corrected chi connectivity index (χ3v) is 3.57. The number of likely N-dealkylation sites (tertiary alicyclic amines) is 1. The van der Waals surface area contributed by atoms with Gasteiger partial charge in [-0.15, -0.1) is 0 Å². The fourth-order valence-corrected chi connectivity index (χ4v) is 2.32. The number of amides is 2. The molecule has 0 saturated carbocycles. The highest BCUT2D eigenvalue weighted by Crippen LogP contribution is 2.19. The topological polar surface area (TPSA) is 62.3 Å². The molecule has 20 heavy (non-hydrogen) atoms. The van der Waals surface area contributed by atoms with Crippen LogP contribution < -0.4 is 5.32 Å². The number of carbonyl (C=O) groups is 2. The third kappa shape index (κ3) is 3.01. The van der Waals surface area contributed by atoms with E-state index in [-0.39, 0.29) is 23.7 Å². The molecule has 0 bridgehead atoms. The average Bonchev–Trinajstić information content (AvgIpc) is 2.45. The number of rotatable bonds is 4. The molecule has 1 aliphatic heterocycles. The van der Waals surface area contributed by atoms with E-state index < -0.39 is 6.04 Å². The maximum absolute atomic E-state index is 12.9. The predicted octanol–water partition coefficient (Wildman–Crippen LogP) is 1.41. The Morgan fingerprint density at radius 2 is 2.25 bits per heavy atom. The number of piperidine rings is 1. The first-order chi connectivity index (χ1) is 9.52. The Bertz CT molecular complexity index is 504. The number of likely N-dealkylation sites (N-methyl/N-ethyl adjacent to an activating group) is 1. The molecule has 2 atom stereocenters. The van der Waals surface area contributed by atoms with E-state index in [1.165, 1.54) is 13.1 Å². The molecule has 0 spiro atoms. The molecule has 1 aliphatic rings. The summed E-state index contributed by atoms with van der Waals surface area (Å²) in [5.41, 5.74) is 0.696. The number of hydrogen-bond acceptors (Lipinski definition) is 4. The lowest BCUT2D eigenvalue weighted by Crippen LogP contribution is -2.52. The Morgan fingerprint density at radius 3 is 2.85 bits per heavy atom. The number of nitrogens with zero attached hydrogens (tertiary/aromatic N) is 2. The standard InChI is InChI=1S/C14H18FN3O2/c1-3-10(11-5-4-9(15)8-16-11)17-12-6-7-13(19)18(2)14(12)20/h4-5,8,10,12,17H,3,6-7H2,1-2H3. The summed E-state index contributed by atoms with van der Waals surface area (Å²) in [5, 5.41) is 3.21. The molecule has 1 saturated heterocycles. The number of pyridine rings is 1. The molecule has 6 heteroatoms. The molecule has 5 nitrogen and oxygen atoms in total. The van der Waals surface area contributed by atoms with Gasteiger partial charge in [-0.1, -0.05) is 6.92 Å². The van der Waals surface area contributed by atoms with Gasteiger partial charge in [0, 0.05) is 19.5 Å². The molecule has 1 aromatic heterocycles. The van der Waals surface area contributed by atoms with Crippen LogP contribution in [0.3, 0.4) is 0 Å². The third-order valence-electron chi connectivity index (χ3n) is 3.57. The van der Waals surface area contributed by atoms with E-state index >= 15 is 0 Å². The van der Waals surface area contributed by atoms with Gasteiger partial charge in [0.25, 0.3) is 0 Å². The summed E-state index contributed by atoms with van der Waals surface area (Å²) in [7, 11) is 1.50. The summed E-state index contributed by atoms with van der Waals surface area (Å²) in [6.45, 7) is 1.96. The van der Waals surface area contributed by atoms with Crippen molar-refractivity contribution in [2.75, 3.05) is 7.05 Å². The van der Waals surface area contributed by atoms with E-state index in [1.807, 2.05) is 6.92 Å². The lowest BCUT2D eigenvalue weighted by atomic mass is 10.0.